The molecule has 1 aromatic rings. The lowest BCUT2D eigenvalue weighted by Crippen LogP contribution is -1.98. The Kier molecular flexibility index (Phi) is 9.68. The van der Waals surface area contributed by atoms with Crippen LogP contribution in [-0.4, -0.2) is 6.61 Å². The van der Waals surface area contributed by atoms with Gasteiger partial charge in [-0.05, 0) is 18.6 Å². The van der Waals surface area contributed by atoms with E-state index in [1.54, 1.807) is 12.1 Å². The number of ether oxygens (including phenoxy) is 1. The Labute approximate surface area is 128 Å². The molecule has 3 heteroatoms. The van der Waals surface area contributed by atoms with Gasteiger partial charge in [-0.3, -0.25) is 0 Å². The van der Waals surface area contributed by atoms with Crippen molar-refractivity contribution in [2.75, 3.05) is 12.3 Å². The number of unbranched alkanes of at least 4 members (excludes halogenated alkanes) is 9. The highest BCUT2D eigenvalue weighted by Gasteiger charge is 2.00. The van der Waals surface area contributed by atoms with Crippen molar-refractivity contribution in [1.82, 2.24) is 0 Å². The molecule has 0 radical (unpaired) electrons. The average molecular weight is 295 g/mol. The van der Waals surface area contributed by atoms with E-state index in [4.69, 9.17) is 10.5 Å². The summed E-state index contributed by atoms with van der Waals surface area (Å²) in [5.41, 5.74) is 5.59. The second kappa shape index (κ2) is 11.4. The van der Waals surface area contributed by atoms with Crippen LogP contribution in [0.1, 0.15) is 71.1 Å². The van der Waals surface area contributed by atoms with E-state index in [0.717, 1.165) is 6.42 Å². The van der Waals surface area contributed by atoms with Gasteiger partial charge in [0, 0.05) is 6.07 Å². The number of nitrogens with two attached hydrogens (primary N) is 1. The number of halogens is 1. The van der Waals surface area contributed by atoms with Gasteiger partial charge >= 0.3 is 0 Å². The number of nitrogen functional groups attached to an aromatic ring is 1. The third-order valence-electron chi connectivity index (χ3n) is 3.74. The van der Waals surface area contributed by atoms with Gasteiger partial charge in [0.05, 0.1) is 12.3 Å². The Bertz CT molecular complexity index is 381. The maximum absolute atomic E-state index is 13.2. The molecule has 0 heterocycles. The quantitative estimate of drug-likeness (QED) is 0.396. The topological polar surface area (TPSA) is 35.2 Å². The monoisotopic (exact) mass is 295 g/mol. The zero-order valence-corrected chi connectivity index (χ0v) is 13.4. The van der Waals surface area contributed by atoms with Crippen LogP contribution in [0.5, 0.6) is 5.75 Å². The van der Waals surface area contributed by atoms with Gasteiger partial charge < -0.3 is 10.5 Å². The van der Waals surface area contributed by atoms with Crippen molar-refractivity contribution in [1.29, 1.82) is 0 Å². The third kappa shape index (κ3) is 8.59. The fourth-order valence-corrected chi connectivity index (χ4v) is 2.38. The van der Waals surface area contributed by atoms with Crippen molar-refractivity contribution >= 4 is 5.69 Å². The van der Waals surface area contributed by atoms with Gasteiger partial charge in [0.25, 0.3) is 0 Å². The van der Waals surface area contributed by atoms with E-state index < -0.39 is 5.82 Å². The molecule has 0 saturated carbocycles. The summed E-state index contributed by atoms with van der Waals surface area (Å²) in [5, 5.41) is 0. The summed E-state index contributed by atoms with van der Waals surface area (Å²) in [4.78, 5) is 0. The van der Waals surface area contributed by atoms with Gasteiger partial charge in [-0.25, -0.2) is 4.39 Å². The molecule has 0 saturated heterocycles. The molecule has 0 aliphatic rings. The van der Waals surface area contributed by atoms with E-state index in [1.165, 1.54) is 63.9 Å². The van der Waals surface area contributed by atoms with Crippen LogP contribution in [-0.2, 0) is 0 Å². The Morgan fingerprint density at radius 3 is 2.05 bits per heavy atom. The van der Waals surface area contributed by atoms with Crippen LogP contribution >= 0.6 is 0 Å². The van der Waals surface area contributed by atoms with Crippen LogP contribution < -0.4 is 10.5 Å². The molecule has 0 bridgehead atoms. The van der Waals surface area contributed by atoms with Crippen molar-refractivity contribution in [3.8, 4) is 5.75 Å². The summed E-state index contributed by atoms with van der Waals surface area (Å²) in [7, 11) is 0. The first-order valence-electron chi connectivity index (χ1n) is 8.42. The normalized spacial score (nSPS) is 10.8. The molecule has 0 aromatic heterocycles. The predicted molar refractivity (Wildman–Crippen MR) is 88.2 cm³/mol. The Morgan fingerprint density at radius 2 is 1.48 bits per heavy atom. The predicted octanol–water partition coefficient (Wildman–Crippen LogP) is 5.71. The van der Waals surface area contributed by atoms with Gasteiger partial charge in [0.15, 0.2) is 0 Å². The summed E-state index contributed by atoms with van der Waals surface area (Å²) in [6, 6.07) is 4.61. The lowest BCUT2D eigenvalue weighted by atomic mass is 10.1. The number of anilines is 1. The van der Waals surface area contributed by atoms with E-state index in [2.05, 4.69) is 6.92 Å². The van der Waals surface area contributed by atoms with Gasteiger partial charge in [-0.15, -0.1) is 0 Å². The van der Waals surface area contributed by atoms with Gasteiger partial charge in [-0.1, -0.05) is 64.7 Å². The van der Waals surface area contributed by atoms with Crippen LogP contribution in [0, 0.1) is 5.82 Å². The highest BCUT2D eigenvalue weighted by Crippen LogP contribution is 2.18. The highest BCUT2D eigenvalue weighted by atomic mass is 19.1. The minimum Gasteiger partial charge on any atom is -0.493 e. The molecular weight excluding hydrogens is 265 g/mol. The first-order chi connectivity index (χ1) is 10.2. The smallest absolute Gasteiger partial charge is 0.149 e. The van der Waals surface area contributed by atoms with Crippen LogP contribution in [0.25, 0.3) is 0 Å². The SMILES string of the molecule is CCCCCCCCCCCCOc1ccc(N)c(F)c1. The Balaban J connectivity index is 1.91. The number of hydrogen-bond donors (Lipinski definition) is 1. The molecule has 2 nitrogen and oxygen atoms in total. The van der Waals surface area contributed by atoms with Crippen LogP contribution in [0.15, 0.2) is 18.2 Å². The molecule has 0 aliphatic carbocycles. The summed E-state index contributed by atoms with van der Waals surface area (Å²) < 4.78 is 18.7. The average Bonchev–Trinajstić information content (AvgIpc) is 2.48. The van der Waals surface area contributed by atoms with Crippen LogP contribution in [0.3, 0.4) is 0 Å². The molecule has 0 atom stereocenters. The highest BCUT2D eigenvalue weighted by molar-refractivity contribution is 5.43. The molecule has 0 aliphatic heterocycles. The number of rotatable bonds is 12. The van der Waals surface area contributed by atoms with Crippen molar-refractivity contribution in [3.05, 3.63) is 24.0 Å². The maximum atomic E-state index is 13.2. The number of benzene rings is 1. The molecule has 21 heavy (non-hydrogen) atoms. The van der Waals surface area contributed by atoms with Gasteiger partial charge in [0.1, 0.15) is 11.6 Å². The summed E-state index contributed by atoms with van der Waals surface area (Å²) >= 11 is 0. The standard InChI is InChI=1S/C18H30FNO/c1-2-3-4-5-6-7-8-9-10-11-14-21-16-12-13-18(20)17(19)15-16/h12-13,15H,2-11,14,20H2,1H3. The minimum absolute atomic E-state index is 0.168. The van der Waals surface area contributed by atoms with Crippen molar-refractivity contribution in [2.24, 2.45) is 0 Å². The zero-order chi connectivity index (χ0) is 15.3. The molecule has 1 aromatic carbocycles. The van der Waals surface area contributed by atoms with E-state index in [9.17, 15) is 4.39 Å². The van der Waals surface area contributed by atoms with Crippen molar-refractivity contribution in [2.45, 2.75) is 71.1 Å². The molecular formula is C18H30FNO. The Hall–Kier alpha value is -1.25. The molecule has 0 amide bonds. The zero-order valence-electron chi connectivity index (χ0n) is 13.4. The largest absolute Gasteiger partial charge is 0.493 e. The van der Waals surface area contributed by atoms with Crippen LogP contribution in [0.4, 0.5) is 10.1 Å². The maximum Gasteiger partial charge on any atom is 0.149 e. The van der Waals surface area contributed by atoms with E-state index in [0.29, 0.717) is 12.4 Å². The second-order valence-corrected chi connectivity index (χ2v) is 5.71. The van der Waals surface area contributed by atoms with Gasteiger partial charge in [0.2, 0.25) is 0 Å². The minimum atomic E-state index is -0.407. The van der Waals surface area contributed by atoms with E-state index in [-0.39, 0.29) is 5.69 Å². The summed E-state index contributed by atoms with van der Waals surface area (Å²) in [6.45, 7) is 2.90. The molecule has 120 valence electrons. The van der Waals surface area contributed by atoms with Crippen LogP contribution in [0.2, 0.25) is 0 Å². The lowest BCUT2D eigenvalue weighted by Gasteiger charge is -2.07. The summed E-state index contributed by atoms with van der Waals surface area (Å²) in [6.07, 6.45) is 13.0. The number of hydrogen-bond acceptors (Lipinski definition) is 2. The van der Waals surface area contributed by atoms with Gasteiger partial charge in [-0.2, -0.15) is 0 Å². The molecule has 0 unspecified atom stereocenters. The molecule has 0 spiro atoms. The summed E-state index contributed by atoms with van der Waals surface area (Å²) in [5.74, 6) is 0.160. The first kappa shape index (κ1) is 17.8. The third-order valence-corrected chi connectivity index (χ3v) is 3.74. The van der Waals surface area contributed by atoms with E-state index >= 15 is 0 Å². The van der Waals surface area contributed by atoms with Crippen molar-refractivity contribution < 1.29 is 9.13 Å². The van der Waals surface area contributed by atoms with E-state index in [1.807, 2.05) is 0 Å². The molecule has 0 fully saturated rings. The lowest BCUT2D eigenvalue weighted by molar-refractivity contribution is 0.303. The molecule has 1 rings (SSSR count). The Morgan fingerprint density at radius 1 is 0.905 bits per heavy atom. The van der Waals surface area contributed by atoms with Crippen molar-refractivity contribution in [3.63, 3.8) is 0 Å². The second-order valence-electron chi connectivity index (χ2n) is 5.71. The first-order valence-corrected chi connectivity index (χ1v) is 8.42. The fourth-order valence-electron chi connectivity index (χ4n) is 2.38. The molecule has 2 N–H and O–H groups in total. The fraction of sp³-hybridized carbons (Fsp3) is 0.667.